The van der Waals surface area contributed by atoms with Crippen LogP contribution < -0.4 is 5.32 Å². The predicted molar refractivity (Wildman–Crippen MR) is 118 cm³/mol. The third kappa shape index (κ3) is 24.9. The normalized spacial score (nSPS) is 11.4. The molecular weight excluding hydrogens is 354 g/mol. The number of aliphatic hydroxyl groups is 1. The highest BCUT2D eigenvalue weighted by molar-refractivity contribution is 5.83. The van der Waals surface area contributed by atoms with Gasteiger partial charge < -0.3 is 15.5 Å². The molecule has 0 spiro atoms. The number of hydrogen-bond donors (Lipinski definition) is 3. The number of carboxylic acids is 1. The van der Waals surface area contributed by atoms with Gasteiger partial charge >= 0.3 is 5.97 Å². The maximum atomic E-state index is 11.5. The molecule has 0 saturated carbocycles. The van der Waals surface area contributed by atoms with E-state index in [9.17, 15) is 9.59 Å². The van der Waals surface area contributed by atoms with Gasteiger partial charge in [0.15, 0.2) is 0 Å². The fraction of sp³-hybridized carbons (Fsp3) is 0.913. The molecule has 168 valence electrons. The van der Waals surface area contributed by atoms with Gasteiger partial charge in [-0.15, -0.1) is 0 Å². The average molecular weight is 402 g/mol. The van der Waals surface area contributed by atoms with Crippen molar-refractivity contribution < 1.29 is 19.8 Å². The molecule has 0 aromatic carbocycles. The van der Waals surface area contributed by atoms with Crippen LogP contribution in [0.5, 0.6) is 0 Å². The van der Waals surface area contributed by atoms with Crippen LogP contribution in [0, 0.1) is 0 Å². The van der Waals surface area contributed by atoms with E-state index >= 15 is 0 Å². The van der Waals surface area contributed by atoms with E-state index in [4.69, 9.17) is 10.2 Å². The Morgan fingerprint density at radius 3 is 1.36 bits per heavy atom. The number of unbranched alkanes of at least 4 members (excludes halogenated alkanes) is 14. The number of aliphatic hydroxyl groups excluding tert-OH is 1. The molecule has 1 unspecified atom stereocenters. The topological polar surface area (TPSA) is 86.6 Å². The molecular formula is C23H47NO4. The zero-order chi connectivity index (χ0) is 21.5. The highest BCUT2D eigenvalue weighted by Gasteiger charge is 2.12. The Morgan fingerprint density at radius 2 is 1.04 bits per heavy atom. The van der Waals surface area contributed by atoms with Gasteiger partial charge in [0.05, 0.1) is 0 Å². The third-order valence-corrected chi connectivity index (χ3v) is 4.76. The standard InChI is InChI=1S/C21H41NO3.C2H6O/c1-3-4-5-6-7-8-9-10-11-12-13-14-15-16-17-18-20(23)22-19(2)21(24)25;1-2-3/h19H,3-18H2,1-2H3,(H,22,23)(H,24,25);3H,2H2,1H3. The lowest BCUT2D eigenvalue weighted by Gasteiger charge is -2.08. The van der Waals surface area contributed by atoms with E-state index < -0.39 is 12.0 Å². The summed E-state index contributed by atoms with van der Waals surface area (Å²) in [6, 6.07) is -0.788. The first-order valence-electron chi connectivity index (χ1n) is 11.6. The second-order valence-electron chi connectivity index (χ2n) is 7.64. The molecule has 0 radical (unpaired) electrons. The first kappa shape index (κ1) is 29.1. The molecule has 28 heavy (non-hydrogen) atoms. The van der Waals surface area contributed by atoms with Crippen LogP contribution >= 0.6 is 0 Å². The third-order valence-electron chi connectivity index (χ3n) is 4.76. The molecule has 5 heteroatoms. The van der Waals surface area contributed by atoms with Crippen LogP contribution in [0.2, 0.25) is 0 Å². The zero-order valence-electron chi connectivity index (χ0n) is 18.8. The molecule has 0 aliphatic heterocycles. The smallest absolute Gasteiger partial charge is 0.325 e. The van der Waals surface area contributed by atoms with Crippen LogP contribution in [-0.4, -0.2) is 34.7 Å². The predicted octanol–water partition coefficient (Wildman–Crippen LogP) is 5.84. The van der Waals surface area contributed by atoms with Crippen LogP contribution in [0.25, 0.3) is 0 Å². The Labute approximate surface area is 173 Å². The zero-order valence-corrected chi connectivity index (χ0v) is 18.8. The largest absolute Gasteiger partial charge is 0.480 e. The van der Waals surface area contributed by atoms with Crippen LogP contribution in [0.1, 0.15) is 124 Å². The number of carbonyl (C=O) groups is 2. The second kappa shape index (κ2) is 23.9. The van der Waals surface area contributed by atoms with Gasteiger partial charge in [-0.2, -0.15) is 0 Å². The van der Waals surface area contributed by atoms with Gasteiger partial charge in [0.25, 0.3) is 0 Å². The van der Waals surface area contributed by atoms with E-state index in [0.717, 1.165) is 12.8 Å². The summed E-state index contributed by atoms with van der Waals surface area (Å²) < 4.78 is 0. The summed E-state index contributed by atoms with van der Waals surface area (Å²) in [6.45, 7) is 5.69. The van der Waals surface area contributed by atoms with E-state index in [-0.39, 0.29) is 12.5 Å². The van der Waals surface area contributed by atoms with E-state index in [2.05, 4.69) is 12.2 Å². The first-order chi connectivity index (χ1) is 13.5. The van der Waals surface area contributed by atoms with Crippen molar-refractivity contribution >= 4 is 11.9 Å². The highest BCUT2D eigenvalue weighted by atomic mass is 16.4. The van der Waals surface area contributed by atoms with E-state index in [1.807, 2.05) is 0 Å². The monoisotopic (exact) mass is 401 g/mol. The van der Waals surface area contributed by atoms with Gasteiger partial charge in [0, 0.05) is 13.0 Å². The Morgan fingerprint density at radius 1 is 0.714 bits per heavy atom. The molecule has 0 saturated heterocycles. The van der Waals surface area contributed by atoms with E-state index in [0.29, 0.717) is 6.42 Å². The van der Waals surface area contributed by atoms with Crippen LogP contribution in [0.15, 0.2) is 0 Å². The number of hydrogen-bond acceptors (Lipinski definition) is 3. The molecule has 5 nitrogen and oxygen atoms in total. The van der Waals surface area contributed by atoms with Crippen molar-refractivity contribution in [2.24, 2.45) is 0 Å². The summed E-state index contributed by atoms with van der Waals surface area (Å²) in [4.78, 5) is 22.2. The summed E-state index contributed by atoms with van der Waals surface area (Å²) >= 11 is 0. The van der Waals surface area contributed by atoms with Gasteiger partial charge in [-0.05, 0) is 20.3 Å². The molecule has 0 aliphatic carbocycles. The Bertz CT molecular complexity index is 347. The minimum Gasteiger partial charge on any atom is -0.480 e. The lowest BCUT2D eigenvalue weighted by atomic mass is 10.0. The molecule has 0 aromatic heterocycles. The number of amides is 1. The number of aliphatic carboxylic acids is 1. The van der Waals surface area contributed by atoms with E-state index in [1.54, 1.807) is 6.92 Å². The molecule has 1 amide bonds. The molecule has 0 fully saturated rings. The summed E-state index contributed by atoms with van der Waals surface area (Å²) in [6.07, 6.45) is 20.0. The van der Waals surface area contributed by atoms with Gasteiger partial charge in [-0.3, -0.25) is 9.59 Å². The summed E-state index contributed by atoms with van der Waals surface area (Å²) in [5.74, 6) is -1.13. The van der Waals surface area contributed by atoms with Crippen molar-refractivity contribution in [3.63, 3.8) is 0 Å². The molecule has 3 N–H and O–H groups in total. The average Bonchev–Trinajstić information content (AvgIpc) is 2.65. The summed E-state index contributed by atoms with van der Waals surface area (Å²) in [5, 5.41) is 18.8. The fourth-order valence-electron chi connectivity index (χ4n) is 3.03. The highest BCUT2D eigenvalue weighted by Crippen LogP contribution is 2.13. The van der Waals surface area contributed by atoms with Crippen molar-refractivity contribution in [2.75, 3.05) is 6.61 Å². The molecule has 0 bridgehead atoms. The summed E-state index contributed by atoms with van der Waals surface area (Å²) in [7, 11) is 0. The minimum absolute atomic E-state index is 0.149. The lowest BCUT2D eigenvalue weighted by Crippen LogP contribution is -2.38. The van der Waals surface area contributed by atoms with Crippen molar-refractivity contribution in [1.29, 1.82) is 0 Å². The first-order valence-corrected chi connectivity index (χ1v) is 11.6. The minimum atomic E-state index is -0.982. The van der Waals surface area contributed by atoms with Crippen LogP contribution in [0.4, 0.5) is 0 Å². The molecule has 0 aliphatic rings. The molecule has 0 rings (SSSR count). The number of carboxylic acid groups (broad SMARTS) is 1. The Balaban J connectivity index is 0. The number of carbonyl (C=O) groups excluding carboxylic acids is 1. The fourth-order valence-corrected chi connectivity index (χ4v) is 3.03. The van der Waals surface area contributed by atoms with Gasteiger partial charge in [-0.1, -0.05) is 96.8 Å². The van der Waals surface area contributed by atoms with Crippen LogP contribution in [-0.2, 0) is 9.59 Å². The van der Waals surface area contributed by atoms with Crippen LogP contribution in [0.3, 0.4) is 0 Å². The molecule has 1 atom stereocenters. The number of nitrogens with one attached hydrogen (secondary N) is 1. The SMILES string of the molecule is CCCCCCCCCCCCCCCCCC(=O)NC(C)C(=O)O.CCO. The maximum absolute atomic E-state index is 11.5. The van der Waals surface area contributed by atoms with Crippen molar-refractivity contribution in [3.05, 3.63) is 0 Å². The maximum Gasteiger partial charge on any atom is 0.325 e. The van der Waals surface area contributed by atoms with Gasteiger partial charge in [0.2, 0.25) is 5.91 Å². The van der Waals surface area contributed by atoms with Crippen molar-refractivity contribution in [1.82, 2.24) is 5.32 Å². The quantitative estimate of drug-likeness (QED) is 0.252. The Hall–Kier alpha value is -1.10. The van der Waals surface area contributed by atoms with Crippen molar-refractivity contribution in [3.8, 4) is 0 Å². The molecule has 0 aromatic rings. The van der Waals surface area contributed by atoms with Crippen molar-refractivity contribution in [2.45, 2.75) is 130 Å². The van der Waals surface area contributed by atoms with Gasteiger partial charge in [-0.25, -0.2) is 0 Å². The number of rotatable bonds is 18. The Kier molecular flexibility index (Phi) is 24.9. The van der Waals surface area contributed by atoms with E-state index in [1.165, 1.54) is 90.4 Å². The summed E-state index contributed by atoms with van der Waals surface area (Å²) in [5.41, 5.74) is 0. The molecule has 0 heterocycles. The van der Waals surface area contributed by atoms with Gasteiger partial charge in [0.1, 0.15) is 6.04 Å². The lowest BCUT2D eigenvalue weighted by molar-refractivity contribution is -0.141. The second-order valence-corrected chi connectivity index (χ2v) is 7.64.